The molecular formula is C14H24N4O4S. The molecule has 0 unspecified atom stereocenters. The Labute approximate surface area is 136 Å². The van der Waals surface area contributed by atoms with Gasteiger partial charge in [0.2, 0.25) is 21.8 Å². The molecule has 1 aromatic rings. The van der Waals surface area contributed by atoms with Gasteiger partial charge in [-0.15, -0.1) is 0 Å². The minimum absolute atomic E-state index is 0.0192. The Bertz CT molecular complexity index is 668. The number of amides is 1. The molecule has 130 valence electrons. The van der Waals surface area contributed by atoms with Crippen molar-refractivity contribution in [3.05, 3.63) is 11.7 Å². The Hall–Kier alpha value is -1.48. The molecular weight excluding hydrogens is 320 g/mol. The Kier molecular flexibility index (Phi) is 5.10. The average Bonchev–Trinajstić information content (AvgIpc) is 2.93. The van der Waals surface area contributed by atoms with Crippen LogP contribution in [0.25, 0.3) is 0 Å². The van der Waals surface area contributed by atoms with Gasteiger partial charge in [-0.1, -0.05) is 12.1 Å². The highest BCUT2D eigenvalue weighted by Gasteiger charge is 2.37. The Morgan fingerprint density at radius 2 is 2.17 bits per heavy atom. The largest absolute Gasteiger partial charge is 0.340 e. The lowest BCUT2D eigenvalue weighted by Gasteiger charge is -2.36. The standard InChI is InChI=1S/C14H24N4O4S/c1-5-11-15-12(16-22-11)10-7-6-8-18(9-10)13(19)14(2,3)17-23(4,20)21/h10,17H,5-9H2,1-4H3/t10-/m1/s1. The molecule has 0 saturated carbocycles. The van der Waals surface area contributed by atoms with Gasteiger partial charge >= 0.3 is 0 Å². The third-order valence-electron chi connectivity index (χ3n) is 3.84. The number of nitrogens with zero attached hydrogens (tertiary/aromatic N) is 3. The summed E-state index contributed by atoms with van der Waals surface area (Å²) < 4.78 is 30.4. The second-order valence-electron chi connectivity index (χ2n) is 6.49. The van der Waals surface area contributed by atoms with Crippen LogP contribution in [0.15, 0.2) is 4.52 Å². The third kappa shape index (κ3) is 4.51. The maximum Gasteiger partial charge on any atom is 0.243 e. The van der Waals surface area contributed by atoms with Crippen molar-refractivity contribution in [3.63, 3.8) is 0 Å². The lowest BCUT2D eigenvalue weighted by molar-refractivity contribution is -0.137. The first-order valence-corrected chi connectivity index (χ1v) is 9.62. The highest BCUT2D eigenvalue weighted by molar-refractivity contribution is 7.88. The van der Waals surface area contributed by atoms with Gasteiger partial charge in [-0.2, -0.15) is 4.98 Å². The molecule has 0 aromatic carbocycles. The van der Waals surface area contributed by atoms with Crippen LogP contribution in [-0.2, 0) is 21.2 Å². The summed E-state index contributed by atoms with van der Waals surface area (Å²) in [5.41, 5.74) is -1.18. The number of piperidine rings is 1. The normalized spacial score (nSPS) is 19.8. The zero-order valence-corrected chi connectivity index (χ0v) is 14.8. The number of carbonyl (C=O) groups is 1. The predicted molar refractivity (Wildman–Crippen MR) is 84.3 cm³/mol. The molecule has 1 N–H and O–H groups in total. The summed E-state index contributed by atoms with van der Waals surface area (Å²) in [6.45, 7) is 6.15. The molecule has 1 fully saturated rings. The van der Waals surface area contributed by atoms with Crippen molar-refractivity contribution in [2.45, 2.75) is 51.5 Å². The van der Waals surface area contributed by atoms with Gasteiger partial charge in [-0.25, -0.2) is 13.1 Å². The molecule has 0 bridgehead atoms. The van der Waals surface area contributed by atoms with Gasteiger partial charge in [-0.05, 0) is 26.7 Å². The Morgan fingerprint density at radius 3 is 2.74 bits per heavy atom. The van der Waals surface area contributed by atoms with Crippen LogP contribution in [0.5, 0.6) is 0 Å². The molecule has 2 heterocycles. The zero-order valence-electron chi connectivity index (χ0n) is 14.0. The van der Waals surface area contributed by atoms with E-state index in [2.05, 4.69) is 14.9 Å². The molecule has 2 rings (SSSR count). The van der Waals surface area contributed by atoms with E-state index in [-0.39, 0.29) is 11.8 Å². The van der Waals surface area contributed by atoms with Crippen LogP contribution in [0.2, 0.25) is 0 Å². The highest BCUT2D eigenvalue weighted by atomic mass is 32.2. The highest BCUT2D eigenvalue weighted by Crippen LogP contribution is 2.26. The van der Waals surface area contributed by atoms with Gasteiger partial charge in [0.15, 0.2) is 5.82 Å². The van der Waals surface area contributed by atoms with Crippen LogP contribution in [0.4, 0.5) is 0 Å². The van der Waals surface area contributed by atoms with Gasteiger partial charge in [0.25, 0.3) is 0 Å². The van der Waals surface area contributed by atoms with Crippen molar-refractivity contribution in [1.82, 2.24) is 19.8 Å². The SMILES string of the molecule is CCc1nc([C@@H]2CCCN(C(=O)C(C)(C)NS(C)(=O)=O)C2)no1. The summed E-state index contributed by atoms with van der Waals surface area (Å²) in [4.78, 5) is 18.7. The van der Waals surface area contributed by atoms with E-state index in [4.69, 9.17) is 4.52 Å². The lowest BCUT2D eigenvalue weighted by atomic mass is 9.95. The summed E-state index contributed by atoms with van der Waals surface area (Å²) >= 11 is 0. The van der Waals surface area contributed by atoms with E-state index in [0.717, 1.165) is 19.1 Å². The summed E-state index contributed by atoms with van der Waals surface area (Å²) in [6.07, 6.45) is 3.42. The maximum absolute atomic E-state index is 12.7. The molecule has 1 aliphatic rings. The molecule has 0 radical (unpaired) electrons. The van der Waals surface area contributed by atoms with Crippen LogP contribution in [0, 0.1) is 0 Å². The van der Waals surface area contributed by atoms with Gasteiger partial charge in [0.05, 0.1) is 6.26 Å². The molecule has 23 heavy (non-hydrogen) atoms. The molecule has 1 aliphatic heterocycles. The number of hydrogen-bond donors (Lipinski definition) is 1. The predicted octanol–water partition coefficient (Wildman–Crippen LogP) is 0.666. The minimum atomic E-state index is -3.47. The summed E-state index contributed by atoms with van der Waals surface area (Å²) in [5.74, 6) is 0.980. The van der Waals surface area contributed by atoms with Crippen LogP contribution < -0.4 is 4.72 Å². The first-order chi connectivity index (χ1) is 10.6. The fraction of sp³-hybridized carbons (Fsp3) is 0.786. The molecule has 0 spiro atoms. The Balaban J connectivity index is 2.09. The van der Waals surface area contributed by atoms with E-state index >= 15 is 0 Å². The minimum Gasteiger partial charge on any atom is -0.340 e. The van der Waals surface area contributed by atoms with Crippen LogP contribution in [0.1, 0.15) is 51.2 Å². The molecule has 1 amide bonds. The summed E-state index contributed by atoms with van der Waals surface area (Å²) in [7, 11) is -3.47. The van der Waals surface area contributed by atoms with Crippen LogP contribution in [-0.4, -0.2) is 54.2 Å². The molecule has 1 saturated heterocycles. The molecule has 1 atom stereocenters. The molecule has 9 heteroatoms. The van der Waals surface area contributed by atoms with Gasteiger partial charge in [-0.3, -0.25) is 4.79 Å². The number of aryl methyl sites for hydroxylation is 1. The monoisotopic (exact) mass is 344 g/mol. The first-order valence-electron chi connectivity index (χ1n) is 7.73. The molecule has 1 aromatic heterocycles. The van der Waals surface area contributed by atoms with Crippen LogP contribution >= 0.6 is 0 Å². The van der Waals surface area contributed by atoms with Crippen molar-refractivity contribution in [1.29, 1.82) is 0 Å². The molecule has 8 nitrogen and oxygen atoms in total. The van der Waals surface area contributed by atoms with E-state index in [9.17, 15) is 13.2 Å². The topological polar surface area (TPSA) is 105 Å². The van der Waals surface area contributed by atoms with Crippen molar-refractivity contribution in [2.75, 3.05) is 19.3 Å². The Morgan fingerprint density at radius 1 is 1.48 bits per heavy atom. The third-order valence-corrected chi connectivity index (χ3v) is 4.72. The number of sulfonamides is 1. The number of likely N-dealkylation sites (tertiary alicyclic amines) is 1. The van der Waals surface area contributed by atoms with E-state index < -0.39 is 15.6 Å². The van der Waals surface area contributed by atoms with Crippen molar-refractivity contribution >= 4 is 15.9 Å². The van der Waals surface area contributed by atoms with Crippen LogP contribution in [0.3, 0.4) is 0 Å². The van der Waals surface area contributed by atoms with E-state index in [0.29, 0.717) is 31.2 Å². The second-order valence-corrected chi connectivity index (χ2v) is 8.24. The van der Waals surface area contributed by atoms with Gasteiger partial charge in [0, 0.05) is 25.4 Å². The van der Waals surface area contributed by atoms with E-state index in [1.807, 2.05) is 6.92 Å². The maximum atomic E-state index is 12.7. The summed E-state index contributed by atoms with van der Waals surface area (Å²) in [5, 5.41) is 3.99. The number of nitrogens with one attached hydrogen (secondary N) is 1. The number of hydrogen-bond acceptors (Lipinski definition) is 6. The van der Waals surface area contributed by atoms with Crippen molar-refractivity contribution in [3.8, 4) is 0 Å². The van der Waals surface area contributed by atoms with E-state index in [1.165, 1.54) is 0 Å². The quantitative estimate of drug-likeness (QED) is 0.841. The second kappa shape index (κ2) is 6.56. The fourth-order valence-corrected chi connectivity index (χ4v) is 3.87. The van der Waals surface area contributed by atoms with Gasteiger partial charge in [0.1, 0.15) is 5.54 Å². The smallest absolute Gasteiger partial charge is 0.243 e. The summed E-state index contributed by atoms with van der Waals surface area (Å²) in [6, 6.07) is 0. The molecule has 0 aliphatic carbocycles. The van der Waals surface area contributed by atoms with E-state index in [1.54, 1.807) is 18.7 Å². The number of aromatic nitrogens is 2. The fourth-order valence-electron chi connectivity index (χ4n) is 2.85. The number of carbonyl (C=O) groups excluding carboxylic acids is 1. The zero-order chi connectivity index (χ0) is 17.3. The van der Waals surface area contributed by atoms with Gasteiger partial charge < -0.3 is 9.42 Å². The van der Waals surface area contributed by atoms with Crippen molar-refractivity contribution < 1.29 is 17.7 Å². The first kappa shape index (κ1) is 17.9. The lowest BCUT2D eigenvalue weighted by Crippen LogP contribution is -2.57. The average molecular weight is 344 g/mol. The number of rotatable bonds is 5. The van der Waals surface area contributed by atoms with Crippen molar-refractivity contribution in [2.24, 2.45) is 0 Å².